The van der Waals surface area contributed by atoms with Crippen molar-refractivity contribution >= 4 is 140 Å². The van der Waals surface area contributed by atoms with Crippen molar-refractivity contribution in [2.75, 3.05) is 71.2 Å². The minimum absolute atomic E-state index is 0.0155. The number of hydrogen-bond acceptors (Lipinski definition) is 28. The molecule has 0 aliphatic heterocycles. The van der Waals surface area contributed by atoms with Crippen LogP contribution in [0.2, 0.25) is 0 Å². The van der Waals surface area contributed by atoms with Gasteiger partial charge in [-0.15, -0.1) is 0 Å². The van der Waals surface area contributed by atoms with Crippen molar-refractivity contribution in [3.8, 4) is 34.5 Å². The van der Waals surface area contributed by atoms with Gasteiger partial charge in [0, 0.05) is 55.4 Å². The number of hydrogen-bond donors (Lipinski definition) is 11. The van der Waals surface area contributed by atoms with Gasteiger partial charge in [-0.25, -0.2) is 0 Å². The number of Topliss-reactive ketones (excluding diaryl/α,β-unsaturated/α-hetero) is 1. The van der Waals surface area contributed by atoms with Gasteiger partial charge in [0.05, 0.1) is 119 Å². The number of ether oxygens (including phenoxy) is 2. The maximum atomic E-state index is 13.9. The molecule has 0 amide bonds. The van der Waals surface area contributed by atoms with Crippen LogP contribution in [-0.2, 0) is 87.0 Å². The Hall–Kier alpha value is -8.93. The zero-order valence-corrected chi connectivity index (χ0v) is 56.8. The zero-order chi connectivity index (χ0) is 72.8. The van der Waals surface area contributed by atoms with Gasteiger partial charge >= 0.3 is 0 Å². The number of carbonyl (C=O) groups excluding carboxylic acids is 1. The molecule has 10 aromatic rings. The van der Waals surface area contributed by atoms with E-state index in [1.807, 2.05) is 0 Å². The number of benzene rings is 10. The van der Waals surface area contributed by atoms with Gasteiger partial charge in [0.2, 0.25) is 0 Å². The molecule has 0 saturated carbocycles. The predicted molar refractivity (Wildman–Crippen MR) is 371 cm³/mol. The molecule has 0 spiro atoms. The molecule has 0 heterocycles. The molecule has 10 aromatic carbocycles. The second-order valence-corrected chi connectivity index (χ2v) is 29.4. The van der Waals surface area contributed by atoms with E-state index >= 15 is 0 Å². The fourth-order valence-corrected chi connectivity index (χ4v) is 17.4. The summed E-state index contributed by atoms with van der Waals surface area (Å²) in [5.41, 5.74) is -0.589. The smallest absolute Gasteiger partial charge is 0.287 e. The molecule has 100 heavy (non-hydrogen) atoms. The van der Waals surface area contributed by atoms with Crippen molar-refractivity contribution in [2.24, 2.45) is 4.99 Å². The number of aliphatic imine (C=N–C) groups is 1. The second-order valence-electron chi connectivity index (χ2n) is 24.2. The molecule has 0 saturated heterocycles. The highest BCUT2D eigenvalue weighted by Gasteiger charge is 2.40. The van der Waals surface area contributed by atoms with Crippen LogP contribution in [0.15, 0.2) is 59.6 Å². The lowest BCUT2D eigenvalue weighted by atomic mass is 9.78. The third-order valence-corrected chi connectivity index (χ3v) is 22.0. The normalized spacial score (nSPS) is 15.2. The number of ketones is 1. The van der Waals surface area contributed by atoms with Crippen molar-refractivity contribution in [3.05, 3.63) is 132 Å². The summed E-state index contributed by atoms with van der Waals surface area (Å²) in [5.74, 6) is -7.26. The average molecular weight is 1440 g/mol. The first kappa shape index (κ1) is 72.3. The molecule has 0 fully saturated rings. The first-order chi connectivity index (χ1) is 47.4. The number of aliphatic hydroxyl groups is 7. The Bertz CT molecular complexity index is 5830. The fraction of sp³-hybridized carbons (Fsp3) is 0.333. The Labute approximate surface area is 567 Å². The summed E-state index contributed by atoms with van der Waals surface area (Å²) < 4.78 is 102. The number of nitrogens with zero attached hydrogens (tertiary/aromatic N) is 1. The van der Waals surface area contributed by atoms with Crippen LogP contribution >= 0.6 is 0 Å². The summed E-state index contributed by atoms with van der Waals surface area (Å²) >= 11 is 0. The molecule has 11 N–H and O–H groups in total. The lowest BCUT2D eigenvalue weighted by molar-refractivity contribution is -0.117. The number of phenolic OH excluding ortho intramolecular Hbond substituents is 4. The molecule has 28 nitrogen and oxygen atoms in total. The van der Waals surface area contributed by atoms with E-state index in [9.17, 15) is 90.1 Å². The number of phenols is 4. The van der Waals surface area contributed by atoms with Crippen LogP contribution in [0, 0.1) is 0 Å². The molecule has 2 atom stereocenters. The second kappa shape index (κ2) is 27.2. The number of methoxy groups -OCH3 is 2. The van der Waals surface area contributed by atoms with Gasteiger partial charge in [0.1, 0.15) is 17.3 Å². The zero-order valence-electron chi connectivity index (χ0n) is 54.3. The van der Waals surface area contributed by atoms with Gasteiger partial charge in [-0.3, -0.25) is 41.5 Å². The van der Waals surface area contributed by atoms with E-state index in [0.29, 0.717) is 11.1 Å². The van der Waals surface area contributed by atoms with E-state index in [1.165, 1.54) is 28.1 Å². The highest BCUT2D eigenvalue weighted by molar-refractivity contribution is 7.87. The Morgan fingerprint density at radius 2 is 0.740 bits per heavy atom. The molecule has 0 radical (unpaired) electrons. The summed E-state index contributed by atoms with van der Waals surface area (Å²) in [7, 11) is -10.2. The van der Waals surface area contributed by atoms with E-state index in [-0.39, 0.29) is 171 Å². The Morgan fingerprint density at radius 1 is 0.430 bits per heavy atom. The van der Waals surface area contributed by atoms with Crippen LogP contribution in [0.5, 0.6) is 34.5 Å². The Morgan fingerprint density at radius 3 is 1.06 bits per heavy atom. The van der Waals surface area contributed by atoms with Gasteiger partial charge in [0.25, 0.3) is 30.4 Å². The highest BCUT2D eigenvalue weighted by Crippen LogP contribution is 2.59. The van der Waals surface area contributed by atoms with Crippen LogP contribution < -0.4 is 31.2 Å². The van der Waals surface area contributed by atoms with Crippen molar-refractivity contribution in [3.63, 3.8) is 0 Å². The Balaban J connectivity index is 0.000000204. The van der Waals surface area contributed by atoms with Crippen LogP contribution in [0.4, 0.5) is 0 Å². The standard InChI is InChI=1S/C36H37NO15S2.C33H30O12S/c1-16-10-21-20(4-9-53(46,47)51-7-5-38)34(44)28-22(42)11-18(13-40)25-26-19(14-41)12-23(43)29-31(26)32(27(21)30(25)28)33(36(50-3)35(29)45)24(16)17(2)37-15-54(48,49)52-8-6-39;1-13-8-18-17(4-7-46(42,43)45-6-5-34)31(40)25-19(38)9-15(11-35)22-23-16(12-36)10-20(39)26-28(23)29(24(18)27(22)25)30(21(13)14(2)37)33(44-3)32(26)41/h10-12,24,38-41,44-45H,4-9,13-15H2,1-3H3;8-10,21,34-36,40-41H,4-7,11-12H2,1-3H3. The third-order valence-electron chi connectivity index (χ3n) is 18.5. The van der Waals surface area contributed by atoms with E-state index in [4.69, 9.17) is 37.3 Å². The van der Waals surface area contributed by atoms with Crippen molar-refractivity contribution < 1.29 is 108 Å². The topological polar surface area (TPSA) is 469 Å². The van der Waals surface area contributed by atoms with E-state index in [1.54, 1.807) is 26.0 Å². The lowest BCUT2D eigenvalue weighted by Crippen LogP contribution is -2.17. The molecular formula is C69H67NO27S3. The van der Waals surface area contributed by atoms with E-state index < -0.39 is 177 Å². The minimum atomic E-state index is -4.28. The molecule has 0 aromatic heterocycles. The third kappa shape index (κ3) is 11.6. The van der Waals surface area contributed by atoms with Gasteiger partial charge in [-0.2, -0.15) is 25.3 Å². The fourth-order valence-electron chi connectivity index (χ4n) is 14.9. The number of aromatic hydroxyl groups is 4. The summed E-state index contributed by atoms with van der Waals surface area (Å²) in [4.78, 5) is 72.8. The maximum absolute atomic E-state index is 13.9. The predicted octanol–water partition coefficient (Wildman–Crippen LogP) is 3.71. The largest absolute Gasteiger partial charge is 0.507 e. The maximum Gasteiger partial charge on any atom is 0.287 e. The van der Waals surface area contributed by atoms with Gasteiger partial charge in [0.15, 0.2) is 50.6 Å². The van der Waals surface area contributed by atoms with Crippen molar-refractivity contribution in [1.82, 2.24) is 0 Å². The molecule has 2 unspecified atom stereocenters. The first-order valence-electron chi connectivity index (χ1n) is 30.9. The number of fused-ring (bicyclic) bond motifs is 2. The number of rotatable bonds is 25. The summed E-state index contributed by atoms with van der Waals surface area (Å²) in [6.45, 7) is 0.278. The van der Waals surface area contributed by atoms with Gasteiger partial charge in [-0.1, -0.05) is 23.3 Å². The summed E-state index contributed by atoms with van der Waals surface area (Å²) in [6, 6.07) is 4.47. The molecule has 31 heteroatoms. The van der Waals surface area contributed by atoms with E-state index in [0.717, 1.165) is 24.3 Å². The van der Waals surface area contributed by atoms with Crippen molar-refractivity contribution in [2.45, 2.75) is 78.8 Å². The van der Waals surface area contributed by atoms with Crippen LogP contribution in [0.3, 0.4) is 0 Å². The molecule has 2 aliphatic rings. The molecule has 0 bridgehead atoms. The van der Waals surface area contributed by atoms with Gasteiger partial charge < -0.3 is 65.6 Å². The average Bonchev–Trinajstić information content (AvgIpc) is 1.10. The van der Waals surface area contributed by atoms with Gasteiger partial charge in [-0.05, 0) is 141 Å². The van der Waals surface area contributed by atoms with Crippen LogP contribution in [0.25, 0.3) is 98.3 Å². The molecule has 528 valence electrons. The van der Waals surface area contributed by atoms with Crippen molar-refractivity contribution in [1.29, 1.82) is 0 Å². The van der Waals surface area contributed by atoms with Crippen LogP contribution in [0.1, 0.15) is 95.2 Å². The minimum Gasteiger partial charge on any atom is -0.507 e. The quantitative estimate of drug-likeness (QED) is 0.0168. The van der Waals surface area contributed by atoms with Crippen LogP contribution in [-0.4, -0.2) is 164 Å². The summed E-state index contributed by atoms with van der Waals surface area (Å²) in [5, 5.41) is 118. The molecular weight excluding hydrogens is 1370 g/mol. The molecule has 2 aliphatic carbocycles. The SMILES string of the molecule is COc1c(O)c2c(=O)cc(CO)c3c4c(CO)cc(=O)c5c(O)c(CCS(=O)(=O)OCCO)c6c(c(c1C(C(C)=NCS(=O)(=O)OCCO)C(C)=C6)c23)c54.COc1c(O)c2c(=O)cc(CO)c3c4c(CO)cc(=O)c5c(O)c(CCS(=O)(=O)OCCO)c6c(c(c1C(C(C)=O)C(C)=C6)c23)c54. The Kier molecular flexibility index (Phi) is 19.7. The number of carbonyl (C=O) groups is 1. The monoisotopic (exact) mass is 1440 g/mol. The van der Waals surface area contributed by atoms with E-state index in [2.05, 4.69) is 4.99 Å². The lowest BCUT2D eigenvalue weighted by Gasteiger charge is -2.26. The first-order valence-corrected chi connectivity index (χ1v) is 35.7. The number of allylic oxidation sites excluding steroid dienone is 2. The highest BCUT2D eigenvalue weighted by atomic mass is 32.2. The molecule has 12 rings (SSSR count). The summed E-state index contributed by atoms with van der Waals surface area (Å²) in [6.07, 6.45) is 2.41. The number of aliphatic hydroxyl groups excluding tert-OH is 7.